The molecular formula is C19H20Cl2N4O2. The number of halogens is 2. The first-order valence-electron chi connectivity index (χ1n) is 8.60. The zero-order valence-corrected chi connectivity index (χ0v) is 16.0. The molecule has 0 radical (unpaired) electrons. The molecule has 1 aromatic heterocycles. The maximum absolute atomic E-state index is 12.5. The van der Waals surface area contributed by atoms with Crippen molar-refractivity contribution >= 4 is 46.6 Å². The molecule has 142 valence electrons. The second-order valence-electron chi connectivity index (χ2n) is 6.53. The van der Waals surface area contributed by atoms with E-state index >= 15 is 0 Å². The quantitative estimate of drug-likeness (QED) is 0.529. The Balaban J connectivity index is 0.00000210. The van der Waals surface area contributed by atoms with E-state index in [-0.39, 0.29) is 30.0 Å². The number of carbonyl (C=O) groups is 1. The van der Waals surface area contributed by atoms with Gasteiger partial charge in [-0.1, -0.05) is 17.7 Å². The summed E-state index contributed by atoms with van der Waals surface area (Å²) in [5.41, 5.74) is 2.39. The summed E-state index contributed by atoms with van der Waals surface area (Å²) in [5, 5.41) is 24.5. The number of H-pyrrole nitrogens is 1. The average Bonchev–Trinajstić information content (AvgIpc) is 3.06. The molecule has 4 rings (SSSR count). The number of fused-ring (bicyclic) bond motifs is 1. The molecule has 8 heteroatoms. The van der Waals surface area contributed by atoms with Crippen molar-refractivity contribution in [3.8, 4) is 16.9 Å². The number of piperidine rings is 1. The van der Waals surface area contributed by atoms with Gasteiger partial charge in [0.25, 0.3) is 0 Å². The molecule has 0 saturated carbocycles. The van der Waals surface area contributed by atoms with Gasteiger partial charge in [-0.15, -0.1) is 12.4 Å². The van der Waals surface area contributed by atoms with Crippen LogP contribution in [0.2, 0.25) is 5.02 Å². The topological polar surface area (TPSA) is 90.0 Å². The van der Waals surface area contributed by atoms with E-state index in [0.717, 1.165) is 41.4 Å². The first kappa shape index (κ1) is 19.5. The van der Waals surface area contributed by atoms with Crippen LogP contribution in [-0.4, -0.2) is 34.3 Å². The number of phenols is 1. The second-order valence-corrected chi connectivity index (χ2v) is 6.94. The second kappa shape index (κ2) is 8.17. The summed E-state index contributed by atoms with van der Waals surface area (Å²) in [5.74, 6) is 0.592. The average molecular weight is 407 g/mol. The first-order valence-corrected chi connectivity index (χ1v) is 8.98. The molecule has 1 amide bonds. The van der Waals surface area contributed by atoms with E-state index in [9.17, 15) is 9.90 Å². The van der Waals surface area contributed by atoms with Crippen LogP contribution in [0.3, 0.4) is 0 Å². The molecule has 1 aliphatic rings. The molecule has 2 aromatic carbocycles. The Morgan fingerprint density at radius 3 is 2.89 bits per heavy atom. The predicted octanol–water partition coefficient (Wildman–Crippen LogP) is 3.95. The molecule has 4 N–H and O–H groups in total. The van der Waals surface area contributed by atoms with Crippen LogP contribution in [0, 0.1) is 5.92 Å². The fraction of sp³-hybridized carbons (Fsp3) is 0.263. The van der Waals surface area contributed by atoms with Gasteiger partial charge < -0.3 is 15.7 Å². The number of amides is 1. The molecule has 27 heavy (non-hydrogen) atoms. The number of anilines is 1. The van der Waals surface area contributed by atoms with E-state index < -0.39 is 0 Å². The fourth-order valence-electron chi connectivity index (χ4n) is 3.31. The highest BCUT2D eigenvalue weighted by atomic mass is 35.5. The molecule has 1 saturated heterocycles. The van der Waals surface area contributed by atoms with Crippen molar-refractivity contribution in [3.05, 3.63) is 41.4 Å². The van der Waals surface area contributed by atoms with Crippen molar-refractivity contribution in [3.63, 3.8) is 0 Å². The van der Waals surface area contributed by atoms with Gasteiger partial charge >= 0.3 is 0 Å². The summed E-state index contributed by atoms with van der Waals surface area (Å²) in [6, 6.07) is 10.5. The number of benzene rings is 2. The molecular weight excluding hydrogens is 387 g/mol. The van der Waals surface area contributed by atoms with E-state index in [2.05, 4.69) is 20.8 Å². The van der Waals surface area contributed by atoms with Crippen LogP contribution in [0.15, 0.2) is 36.4 Å². The highest BCUT2D eigenvalue weighted by Crippen LogP contribution is 2.34. The number of aromatic hydroxyl groups is 1. The number of carbonyl (C=O) groups excluding carboxylic acids is 1. The molecule has 1 atom stereocenters. The lowest BCUT2D eigenvalue weighted by Crippen LogP contribution is -2.37. The highest BCUT2D eigenvalue weighted by molar-refractivity contribution is 6.33. The Bertz CT molecular complexity index is 967. The Labute approximate surface area is 167 Å². The normalized spacial score (nSPS) is 16.7. The third-order valence-corrected chi connectivity index (χ3v) is 5.06. The van der Waals surface area contributed by atoms with Crippen molar-refractivity contribution < 1.29 is 9.90 Å². The molecule has 0 spiro atoms. The summed E-state index contributed by atoms with van der Waals surface area (Å²) in [4.78, 5) is 12.5. The number of aromatic amines is 1. The van der Waals surface area contributed by atoms with Gasteiger partial charge in [-0.3, -0.25) is 9.89 Å². The van der Waals surface area contributed by atoms with Gasteiger partial charge in [-0.2, -0.15) is 5.10 Å². The van der Waals surface area contributed by atoms with Crippen LogP contribution in [0.1, 0.15) is 12.8 Å². The number of phenolic OH excluding ortho intramolecular Hbond substituents is 1. The largest absolute Gasteiger partial charge is 0.508 e. The molecule has 1 aliphatic heterocycles. The minimum absolute atomic E-state index is 0. The number of nitrogens with zero attached hydrogens (tertiary/aromatic N) is 1. The molecule has 2 heterocycles. The van der Waals surface area contributed by atoms with Crippen molar-refractivity contribution in [2.24, 2.45) is 5.92 Å². The zero-order chi connectivity index (χ0) is 18.1. The summed E-state index contributed by atoms with van der Waals surface area (Å²) in [6.45, 7) is 1.65. The Morgan fingerprint density at radius 1 is 1.26 bits per heavy atom. The standard InChI is InChI=1S/C19H19ClN4O2.ClH/c20-16-5-4-13(25)9-14(16)11-3-6-17-15(8-11)18(24-23-17)22-19(26)12-2-1-7-21-10-12;/h3-6,8-9,12,21,25H,1-2,7,10H2,(H2,22,23,24,26);1H/t12-;/m1./s1. The summed E-state index contributed by atoms with van der Waals surface area (Å²) in [7, 11) is 0. The van der Waals surface area contributed by atoms with Gasteiger partial charge in [0.05, 0.1) is 11.4 Å². The minimum atomic E-state index is -0.0424. The van der Waals surface area contributed by atoms with Gasteiger partial charge in [0, 0.05) is 22.5 Å². The summed E-state index contributed by atoms with van der Waals surface area (Å²) in [6.07, 6.45) is 1.88. The molecule has 0 aliphatic carbocycles. The van der Waals surface area contributed by atoms with E-state index in [1.807, 2.05) is 18.2 Å². The lowest BCUT2D eigenvalue weighted by molar-refractivity contribution is -0.120. The fourth-order valence-corrected chi connectivity index (χ4v) is 3.53. The number of rotatable bonds is 3. The van der Waals surface area contributed by atoms with Crippen molar-refractivity contribution in [2.75, 3.05) is 18.4 Å². The minimum Gasteiger partial charge on any atom is -0.508 e. The third kappa shape index (κ3) is 4.03. The number of nitrogens with one attached hydrogen (secondary N) is 3. The van der Waals surface area contributed by atoms with Crippen LogP contribution in [0.25, 0.3) is 22.0 Å². The van der Waals surface area contributed by atoms with Crippen LogP contribution < -0.4 is 10.6 Å². The number of aromatic nitrogens is 2. The smallest absolute Gasteiger partial charge is 0.229 e. The van der Waals surface area contributed by atoms with Gasteiger partial charge in [0.15, 0.2) is 5.82 Å². The van der Waals surface area contributed by atoms with Gasteiger partial charge in [0.1, 0.15) is 5.75 Å². The van der Waals surface area contributed by atoms with Crippen molar-refractivity contribution in [1.29, 1.82) is 0 Å². The van der Waals surface area contributed by atoms with Crippen molar-refractivity contribution in [2.45, 2.75) is 12.8 Å². The SMILES string of the molecule is Cl.O=C(Nc1n[nH]c2ccc(-c3cc(O)ccc3Cl)cc12)[C@@H]1CCCNC1. The van der Waals surface area contributed by atoms with Gasteiger partial charge in [-0.05, 0) is 55.3 Å². The maximum Gasteiger partial charge on any atom is 0.229 e. The highest BCUT2D eigenvalue weighted by Gasteiger charge is 2.22. The molecule has 0 unspecified atom stereocenters. The molecule has 6 nitrogen and oxygen atoms in total. The van der Waals surface area contributed by atoms with E-state index in [0.29, 0.717) is 17.4 Å². The first-order chi connectivity index (χ1) is 12.6. The van der Waals surface area contributed by atoms with E-state index in [1.165, 1.54) is 0 Å². The van der Waals surface area contributed by atoms with Gasteiger partial charge in [-0.25, -0.2) is 0 Å². The van der Waals surface area contributed by atoms with E-state index in [1.54, 1.807) is 18.2 Å². The van der Waals surface area contributed by atoms with Crippen LogP contribution >= 0.6 is 24.0 Å². The lowest BCUT2D eigenvalue weighted by atomic mass is 9.99. The van der Waals surface area contributed by atoms with Crippen LogP contribution in [0.4, 0.5) is 5.82 Å². The number of hydrogen-bond acceptors (Lipinski definition) is 4. The predicted molar refractivity (Wildman–Crippen MR) is 110 cm³/mol. The van der Waals surface area contributed by atoms with Gasteiger partial charge in [0.2, 0.25) is 5.91 Å². The molecule has 1 fully saturated rings. The Kier molecular flexibility index (Phi) is 5.89. The summed E-state index contributed by atoms with van der Waals surface area (Å²) >= 11 is 6.27. The molecule has 3 aromatic rings. The third-order valence-electron chi connectivity index (χ3n) is 4.73. The summed E-state index contributed by atoms with van der Waals surface area (Å²) < 4.78 is 0. The zero-order valence-electron chi connectivity index (χ0n) is 14.5. The Hall–Kier alpha value is -2.28. The molecule has 0 bridgehead atoms. The number of hydrogen-bond donors (Lipinski definition) is 4. The Morgan fingerprint density at radius 2 is 2.11 bits per heavy atom. The monoisotopic (exact) mass is 406 g/mol. The van der Waals surface area contributed by atoms with Crippen molar-refractivity contribution in [1.82, 2.24) is 15.5 Å². The van der Waals surface area contributed by atoms with Crippen LogP contribution in [0.5, 0.6) is 5.75 Å². The van der Waals surface area contributed by atoms with Crippen LogP contribution in [-0.2, 0) is 4.79 Å². The lowest BCUT2D eigenvalue weighted by Gasteiger charge is -2.21. The maximum atomic E-state index is 12.5. The van der Waals surface area contributed by atoms with E-state index in [4.69, 9.17) is 11.6 Å².